The fourth-order valence-corrected chi connectivity index (χ4v) is 2.28. The van der Waals surface area contributed by atoms with E-state index in [4.69, 9.17) is 10.0 Å². The Kier molecular flexibility index (Phi) is 2.37. The Bertz CT molecular complexity index is 268. The smallest absolute Gasteiger partial charge is 0.423 e. The van der Waals surface area contributed by atoms with Gasteiger partial charge in [0, 0.05) is 9.75 Å². The average Bonchev–Trinajstić information content (AvgIpc) is 2.07. The molecular formula is C7H11BO2S. The van der Waals surface area contributed by atoms with Crippen molar-refractivity contribution in [2.24, 2.45) is 0 Å². The predicted octanol–water partition coefficient (Wildman–Crippen LogP) is 0.353. The second-order valence-electron chi connectivity index (χ2n) is 2.63. The van der Waals surface area contributed by atoms with Gasteiger partial charge in [-0.05, 0) is 31.8 Å². The Morgan fingerprint density at radius 1 is 1.09 bits per heavy atom. The first-order chi connectivity index (χ1) is 5.04. The molecule has 0 aliphatic heterocycles. The number of thiophene rings is 1. The molecule has 0 atom stereocenters. The minimum Gasteiger partial charge on any atom is -0.423 e. The molecule has 1 aromatic rings. The van der Waals surface area contributed by atoms with Gasteiger partial charge >= 0.3 is 7.12 Å². The molecule has 0 radical (unpaired) electrons. The maximum absolute atomic E-state index is 8.96. The monoisotopic (exact) mass is 170 g/mol. The van der Waals surface area contributed by atoms with Crippen LogP contribution in [0.25, 0.3) is 0 Å². The Hall–Kier alpha value is -0.315. The molecule has 60 valence electrons. The molecule has 0 aliphatic rings. The molecule has 4 heteroatoms. The number of aryl methyl sites for hydroxylation is 2. The van der Waals surface area contributed by atoms with E-state index < -0.39 is 7.12 Å². The zero-order valence-electron chi connectivity index (χ0n) is 6.88. The molecule has 0 saturated carbocycles. The molecule has 1 rings (SSSR count). The van der Waals surface area contributed by atoms with Crippen molar-refractivity contribution in [2.45, 2.75) is 20.8 Å². The summed E-state index contributed by atoms with van der Waals surface area (Å²) in [6, 6.07) is 0. The van der Waals surface area contributed by atoms with Crippen molar-refractivity contribution in [1.82, 2.24) is 0 Å². The SMILES string of the molecule is Cc1sc(C)c(B(O)O)c1C. The van der Waals surface area contributed by atoms with Gasteiger partial charge in [-0.2, -0.15) is 0 Å². The minimum atomic E-state index is -1.32. The normalized spacial score (nSPS) is 10.3. The van der Waals surface area contributed by atoms with E-state index in [1.54, 1.807) is 11.3 Å². The molecule has 0 bridgehead atoms. The topological polar surface area (TPSA) is 40.5 Å². The lowest BCUT2D eigenvalue weighted by Crippen LogP contribution is -2.32. The Balaban J connectivity index is 3.22. The lowest BCUT2D eigenvalue weighted by atomic mass is 9.77. The Labute approximate surface area is 70.6 Å². The lowest BCUT2D eigenvalue weighted by molar-refractivity contribution is 0.425. The van der Waals surface area contributed by atoms with Crippen molar-refractivity contribution in [3.05, 3.63) is 15.3 Å². The molecule has 0 aliphatic carbocycles. The molecule has 1 heterocycles. The first-order valence-electron chi connectivity index (χ1n) is 3.46. The van der Waals surface area contributed by atoms with E-state index >= 15 is 0 Å². The van der Waals surface area contributed by atoms with Gasteiger partial charge < -0.3 is 10.0 Å². The van der Waals surface area contributed by atoms with Crippen LogP contribution in [0.5, 0.6) is 0 Å². The van der Waals surface area contributed by atoms with E-state index in [1.165, 1.54) is 0 Å². The molecule has 0 amide bonds. The van der Waals surface area contributed by atoms with Crippen molar-refractivity contribution in [3.8, 4) is 0 Å². The summed E-state index contributed by atoms with van der Waals surface area (Å²) in [6.07, 6.45) is 0. The molecule has 1 aromatic heterocycles. The third kappa shape index (κ3) is 1.48. The van der Waals surface area contributed by atoms with Gasteiger partial charge in [0.2, 0.25) is 0 Å². The third-order valence-corrected chi connectivity index (χ3v) is 3.01. The molecule has 0 aromatic carbocycles. The number of hydrogen-bond acceptors (Lipinski definition) is 3. The molecule has 0 saturated heterocycles. The predicted molar refractivity (Wildman–Crippen MR) is 48.4 cm³/mol. The summed E-state index contributed by atoms with van der Waals surface area (Å²) in [6.45, 7) is 5.80. The standard InChI is InChI=1S/C7H11BO2S/c1-4-5(2)11-6(3)7(4)8(9)10/h9-10H,1-3H3. The first kappa shape index (κ1) is 8.78. The summed E-state index contributed by atoms with van der Waals surface area (Å²) in [7, 11) is -1.32. The van der Waals surface area contributed by atoms with Crippen LogP contribution in [0.2, 0.25) is 0 Å². The van der Waals surface area contributed by atoms with E-state index in [2.05, 4.69) is 0 Å². The van der Waals surface area contributed by atoms with E-state index in [9.17, 15) is 0 Å². The van der Waals surface area contributed by atoms with Crippen LogP contribution in [0, 0.1) is 20.8 Å². The van der Waals surface area contributed by atoms with Crippen LogP contribution in [0.1, 0.15) is 15.3 Å². The quantitative estimate of drug-likeness (QED) is 0.597. The number of hydrogen-bond donors (Lipinski definition) is 2. The van der Waals surface area contributed by atoms with Crippen molar-refractivity contribution in [3.63, 3.8) is 0 Å². The maximum Gasteiger partial charge on any atom is 0.489 e. The van der Waals surface area contributed by atoms with Gasteiger partial charge in [-0.15, -0.1) is 11.3 Å². The highest BCUT2D eigenvalue weighted by Crippen LogP contribution is 2.17. The first-order valence-corrected chi connectivity index (χ1v) is 4.28. The van der Waals surface area contributed by atoms with Gasteiger partial charge in [0.1, 0.15) is 0 Å². The summed E-state index contributed by atoms with van der Waals surface area (Å²) >= 11 is 1.60. The molecule has 2 nitrogen and oxygen atoms in total. The average molecular weight is 170 g/mol. The molecule has 0 spiro atoms. The van der Waals surface area contributed by atoms with Gasteiger partial charge in [0.05, 0.1) is 0 Å². The van der Waals surface area contributed by atoms with Crippen molar-refractivity contribution in [1.29, 1.82) is 0 Å². The lowest BCUT2D eigenvalue weighted by Gasteiger charge is -1.98. The molecule has 0 unspecified atom stereocenters. The van der Waals surface area contributed by atoms with Crippen LogP contribution in [0.4, 0.5) is 0 Å². The fourth-order valence-electron chi connectivity index (χ4n) is 1.19. The molecule has 2 N–H and O–H groups in total. The van der Waals surface area contributed by atoms with Crippen LogP contribution in [0.15, 0.2) is 0 Å². The highest BCUT2D eigenvalue weighted by atomic mass is 32.1. The summed E-state index contributed by atoms with van der Waals surface area (Å²) in [4.78, 5) is 2.15. The molecule has 11 heavy (non-hydrogen) atoms. The summed E-state index contributed by atoms with van der Waals surface area (Å²) in [5.74, 6) is 0. The minimum absolute atomic E-state index is 0.674. The van der Waals surface area contributed by atoms with Crippen LogP contribution in [-0.4, -0.2) is 17.2 Å². The van der Waals surface area contributed by atoms with Gasteiger partial charge in [-0.3, -0.25) is 0 Å². The van der Waals surface area contributed by atoms with Crippen molar-refractivity contribution >= 4 is 23.9 Å². The van der Waals surface area contributed by atoms with Gasteiger partial charge in [-0.25, -0.2) is 0 Å². The van der Waals surface area contributed by atoms with Crippen molar-refractivity contribution < 1.29 is 10.0 Å². The summed E-state index contributed by atoms with van der Waals surface area (Å²) in [5, 5.41) is 17.9. The van der Waals surface area contributed by atoms with Crippen molar-refractivity contribution in [2.75, 3.05) is 0 Å². The van der Waals surface area contributed by atoms with Crippen LogP contribution < -0.4 is 5.46 Å². The van der Waals surface area contributed by atoms with Crippen LogP contribution in [0.3, 0.4) is 0 Å². The highest BCUT2D eigenvalue weighted by Gasteiger charge is 2.19. The summed E-state index contributed by atoms with van der Waals surface area (Å²) < 4.78 is 0. The summed E-state index contributed by atoms with van der Waals surface area (Å²) in [5.41, 5.74) is 1.68. The second-order valence-corrected chi connectivity index (χ2v) is 4.06. The fraction of sp³-hybridized carbons (Fsp3) is 0.429. The maximum atomic E-state index is 8.96. The van der Waals surface area contributed by atoms with E-state index in [-0.39, 0.29) is 0 Å². The van der Waals surface area contributed by atoms with Gasteiger partial charge in [0.15, 0.2) is 0 Å². The second kappa shape index (κ2) is 2.97. The van der Waals surface area contributed by atoms with E-state index in [0.29, 0.717) is 5.46 Å². The number of rotatable bonds is 1. The van der Waals surface area contributed by atoms with E-state index in [1.807, 2.05) is 20.8 Å². The van der Waals surface area contributed by atoms with Crippen LogP contribution in [-0.2, 0) is 0 Å². The largest absolute Gasteiger partial charge is 0.489 e. The third-order valence-electron chi connectivity index (χ3n) is 1.88. The Morgan fingerprint density at radius 3 is 1.82 bits per heavy atom. The molecule has 0 fully saturated rings. The zero-order chi connectivity index (χ0) is 8.59. The van der Waals surface area contributed by atoms with E-state index in [0.717, 1.165) is 15.3 Å². The Morgan fingerprint density at radius 2 is 1.64 bits per heavy atom. The highest BCUT2D eigenvalue weighted by molar-refractivity contribution is 7.13. The van der Waals surface area contributed by atoms with Crippen LogP contribution >= 0.6 is 11.3 Å². The zero-order valence-corrected chi connectivity index (χ0v) is 7.70. The molecular weight excluding hydrogens is 159 g/mol. The van der Waals surface area contributed by atoms with Gasteiger partial charge in [0.25, 0.3) is 0 Å². The van der Waals surface area contributed by atoms with Gasteiger partial charge in [-0.1, -0.05) is 0 Å².